The minimum absolute atomic E-state index is 0.000934. The van der Waals surface area contributed by atoms with Crippen LogP contribution < -0.4 is 10.2 Å². The molecule has 0 atom stereocenters. The molecule has 0 spiro atoms. The molecule has 0 radical (unpaired) electrons. The fraction of sp³-hybridized carbons (Fsp3) is 0.588. The lowest BCUT2D eigenvalue weighted by Crippen LogP contribution is -2.32. The van der Waals surface area contributed by atoms with Gasteiger partial charge in [0.2, 0.25) is 5.91 Å². The van der Waals surface area contributed by atoms with Crippen LogP contribution in [0.15, 0.2) is 18.3 Å². The lowest BCUT2D eigenvalue weighted by molar-refractivity contribution is -0.120. The lowest BCUT2D eigenvalue weighted by atomic mass is 9.88. The number of pyridine rings is 1. The molecule has 1 aromatic rings. The molecule has 2 fully saturated rings. The van der Waals surface area contributed by atoms with Gasteiger partial charge in [-0.1, -0.05) is 19.3 Å². The average Bonchev–Trinajstić information content (AvgIpc) is 2.97. The molecule has 2 aliphatic rings. The van der Waals surface area contributed by atoms with Crippen molar-refractivity contribution in [2.24, 2.45) is 5.92 Å². The third-order valence-electron chi connectivity index (χ3n) is 4.74. The van der Waals surface area contributed by atoms with Gasteiger partial charge in [-0.2, -0.15) is 0 Å². The Kier molecular flexibility index (Phi) is 4.79. The number of aromatic nitrogens is 1. The number of rotatable bonds is 4. The molecule has 124 valence electrons. The van der Waals surface area contributed by atoms with Gasteiger partial charge in [0.05, 0.1) is 11.9 Å². The Morgan fingerprint density at radius 2 is 2.04 bits per heavy atom. The summed E-state index contributed by atoms with van der Waals surface area (Å²) in [5.74, 6) is 0.858. The normalized spacial score (nSPS) is 19.3. The first kappa shape index (κ1) is 15.8. The molecule has 0 aromatic carbocycles. The van der Waals surface area contributed by atoms with Gasteiger partial charge < -0.3 is 10.2 Å². The number of hydrogen-bond acceptors (Lipinski definition) is 3. The predicted octanol–water partition coefficient (Wildman–Crippen LogP) is 2.86. The van der Waals surface area contributed by atoms with E-state index < -0.39 is 0 Å². The molecule has 0 bridgehead atoms. The van der Waals surface area contributed by atoms with Crippen LogP contribution in [0.3, 0.4) is 0 Å². The van der Waals surface area contributed by atoms with Crippen molar-refractivity contribution < 1.29 is 9.59 Å². The summed E-state index contributed by atoms with van der Waals surface area (Å²) >= 11 is 0. The number of likely N-dealkylation sites (N-methyl/N-ethyl adjacent to an activating group) is 1. The Morgan fingerprint density at radius 1 is 1.26 bits per heavy atom. The second-order valence-electron chi connectivity index (χ2n) is 6.24. The van der Waals surface area contributed by atoms with Gasteiger partial charge in [0.15, 0.2) is 0 Å². The maximum Gasteiger partial charge on any atom is 0.325 e. The maximum atomic E-state index is 12.2. The predicted molar refractivity (Wildman–Crippen MR) is 89.4 cm³/mol. The Balaban J connectivity index is 1.61. The topological polar surface area (TPSA) is 65.5 Å². The van der Waals surface area contributed by atoms with Crippen molar-refractivity contribution >= 4 is 23.4 Å². The smallest absolute Gasteiger partial charge is 0.324 e. The van der Waals surface area contributed by atoms with Crippen molar-refractivity contribution in [2.75, 3.05) is 29.9 Å². The quantitative estimate of drug-likeness (QED) is 0.929. The highest BCUT2D eigenvalue weighted by molar-refractivity contribution is 5.94. The van der Waals surface area contributed by atoms with Gasteiger partial charge in [-0.3, -0.25) is 9.69 Å². The highest BCUT2D eigenvalue weighted by Gasteiger charge is 2.29. The van der Waals surface area contributed by atoms with Gasteiger partial charge in [-0.15, -0.1) is 0 Å². The summed E-state index contributed by atoms with van der Waals surface area (Å²) in [6.45, 7) is 4.08. The summed E-state index contributed by atoms with van der Waals surface area (Å²) < 4.78 is 0. The third-order valence-corrected chi connectivity index (χ3v) is 4.74. The van der Waals surface area contributed by atoms with Crippen LogP contribution in [0.2, 0.25) is 0 Å². The summed E-state index contributed by atoms with van der Waals surface area (Å²) in [5, 5.41) is 2.95. The summed E-state index contributed by atoms with van der Waals surface area (Å²) in [6, 6.07) is 3.62. The molecular weight excluding hydrogens is 292 g/mol. The summed E-state index contributed by atoms with van der Waals surface area (Å²) in [6.07, 6.45) is 7.11. The summed E-state index contributed by atoms with van der Waals surface area (Å²) in [4.78, 5) is 32.2. The number of urea groups is 1. The number of nitrogens with one attached hydrogen (secondary N) is 1. The van der Waals surface area contributed by atoms with E-state index in [1.54, 1.807) is 22.1 Å². The largest absolute Gasteiger partial charge is 0.325 e. The molecule has 3 amide bonds. The minimum atomic E-state index is -0.000934. The minimum Gasteiger partial charge on any atom is -0.324 e. The van der Waals surface area contributed by atoms with Gasteiger partial charge in [-0.05, 0) is 31.9 Å². The first-order valence-corrected chi connectivity index (χ1v) is 8.52. The molecule has 1 aromatic heterocycles. The molecule has 3 rings (SSSR count). The van der Waals surface area contributed by atoms with Gasteiger partial charge >= 0.3 is 6.03 Å². The van der Waals surface area contributed by atoms with Crippen molar-refractivity contribution in [2.45, 2.75) is 39.0 Å². The van der Waals surface area contributed by atoms with E-state index in [0.29, 0.717) is 24.6 Å². The van der Waals surface area contributed by atoms with Gasteiger partial charge in [0.25, 0.3) is 0 Å². The van der Waals surface area contributed by atoms with Crippen LogP contribution in [-0.2, 0) is 4.79 Å². The number of anilines is 2. The van der Waals surface area contributed by atoms with E-state index in [4.69, 9.17) is 0 Å². The third kappa shape index (κ3) is 3.46. The molecular formula is C17H24N4O2. The first-order valence-electron chi connectivity index (χ1n) is 8.52. The Morgan fingerprint density at radius 3 is 2.65 bits per heavy atom. The van der Waals surface area contributed by atoms with E-state index in [1.807, 2.05) is 13.0 Å². The Hall–Kier alpha value is -2.11. The van der Waals surface area contributed by atoms with Crippen molar-refractivity contribution in [1.29, 1.82) is 0 Å². The van der Waals surface area contributed by atoms with Crippen LogP contribution in [0.4, 0.5) is 16.3 Å². The van der Waals surface area contributed by atoms with E-state index in [-0.39, 0.29) is 17.9 Å². The van der Waals surface area contributed by atoms with E-state index in [2.05, 4.69) is 10.3 Å². The Bertz CT molecular complexity index is 566. The van der Waals surface area contributed by atoms with E-state index in [0.717, 1.165) is 32.2 Å². The number of carbonyl (C=O) groups excluding carboxylic acids is 2. The number of carbonyl (C=O) groups is 2. The van der Waals surface area contributed by atoms with E-state index in [9.17, 15) is 9.59 Å². The summed E-state index contributed by atoms with van der Waals surface area (Å²) in [7, 11) is 0. The van der Waals surface area contributed by atoms with Gasteiger partial charge in [0.1, 0.15) is 5.82 Å². The van der Waals surface area contributed by atoms with Crippen LogP contribution in [0.5, 0.6) is 0 Å². The first-order chi connectivity index (χ1) is 11.2. The molecule has 2 heterocycles. The molecule has 1 aliphatic carbocycles. The molecule has 1 saturated carbocycles. The second kappa shape index (κ2) is 6.98. The molecule has 6 nitrogen and oxygen atoms in total. The SMILES string of the molecule is CCN1CCN(c2ccc(NC(=O)C3CCCCC3)cn2)C1=O. The molecule has 1 saturated heterocycles. The molecule has 0 unspecified atom stereocenters. The fourth-order valence-electron chi connectivity index (χ4n) is 3.32. The van der Waals surface area contributed by atoms with Crippen LogP contribution in [0.25, 0.3) is 0 Å². The monoisotopic (exact) mass is 316 g/mol. The van der Waals surface area contributed by atoms with Crippen molar-refractivity contribution in [3.8, 4) is 0 Å². The standard InChI is InChI=1S/C17H24N4O2/c1-2-20-10-11-21(17(20)23)15-9-8-14(12-18-15)19-16(22)13-6-4-3-5-7-13/h8-9,12-13H,2-7,10-11H2,1H3,(H,19,22). The van der Waals surface area contributed by atoms with Crippen LogP contribution >= 0.6 is 0 Å². The summed E-state index contributed by atoms with van der Waals surface area (Å²) in [5.41, 5.74) is 0.698. The van der Waals surface area contributed by atoms with Crippen molar-refractivity contribution in [1.82, 2.24) is 9.88 Å². The zero-order valence-electron chi connectivity index (χ0n) is 13.6. The van der Waals surface area contributed by atoms with Crippen molar-refractivity contribution in [3.05, 3.63) is 18.3 Å². The zero-order chi connectivity index (χ0) is 16.2. The second-order valence-corrected chi connectivity index (χ2v) is 6.24. The van der Waals surface area contributed by atoms with Crippen molar-refractivity contribution in [3.63, 3.8) is 0 Å². The highest BCUT2D eigenvalue weighted by Crippen LogP contribution is 2.25. The average molecular weight is 316 g/mol. The number of nitrogens with zero attached hydrogens (tertiary/aromatic N) is 3. The maximum absolute atomic E-state index is 12.2. The molecule has 1 N–H and O–H groups in total. The number of hydrogen-bond donors (Lipinski definition) is 1. The van der Waals surface area contributed by atoms with Crippen LogP contribution in [0, 0.1) is 5.92 Å². The van der Waals surface area contributed by atoms with Gasteiger partial charge in [-0.25, -0.2) is 9.78 Å². The van der Waals surface area contributed by atoms with Gasteiger partial charge in [0, 0.05) is 25.6 Å². The number of amides is 3. The highest BCUT2D eigenvalue weighted by atomic mass is 16.2. The Labute approximate surface area is 136 Å². The van der Waals surface area contributed by atoms with E-state index >= 15 is 0 Å². The molecule has 1 aliphatic heterocycles. The fourth-order valence-corrected chi connectivity index (χ4v) is 3.32. The lowest BCUT2D eigenvalue weighted by Gasteiger charge is -2.21. The molecule has 6 heteroatoms. The van der Waals surface area contributed by atoms with Crippen LogP contribution in [-0.4, -0.2) is 41.5 Å². The zero-order valence-corrected chi connectivity index (χ0v) is 13.6. The molecule has 23 heavy (non-hydrogen) atoms. The van der Waals surface area contributed by atoms with E-state index in [1.165, 1.54) is 6.42 Å². The van der Waals surface area contributed by atoms with Crippen LogP contribution in [0.1, 0.15) is 39.0 Å².